The normalized spacial score (nSPS) is 11.3. The van der Waals surface area contributed by atoms with Gasteiger partial charge in [0.15, 0.2) is 0 Å². The van der Waals surface area contributed by atoms with Crippen LogP contribution in [0, 0.1) is 22.6 Å². The number of hydrogen-bond acceptors (Lipinski definition) is 4. The molecule has 0 saturated heterocycles. The third kappa shape index (κ3) is 3.86. The van der Waals surface area contributed by atoms with Gasteiger partial charge in [0.05, 0.1) is 17.2 Å². The van der Waals surface area contributed by atoms with Crippen molar-refractivity contribution < 1.29 is 4.39 Å². The predicted octanol–water partition coefficient (Wildman–Crippen LogP) is 3.59. The Kier molecular flexibility index (Phi) is 4.48. The first kappa shape index (κ1) is 14.6. The Morgan fingerprint density at radius 2 is 2.05 bits per heavy atom. The van der Waals surface area contributed by atoms with Crippen molar-refractivity contribution in [1.29, 1.82) is 5.26 Å². The summed E-state index contributed by atoms with van der Waals surface area (Å²) in [5, 5.41) is 15.0. The summed E-state index contributed by atoms with van der Waals surface area (Å²) < 4.78 is 12.9. The number of hydrogen-bond donors (Lipinski definition) is 1. The van der Waals surface area contributed by atoms with Crippen molar-refractivity contribution in [2.24, 2.45) is 5.41 Å². The molecule has 0 aliphatic carbocycles. The van der Waals surface area contributed by atoms with Crippen LogP contribution >= 0.6 is 11.3 Å². The molecule has 0 amide bonds. The second-order valence-corrected chi connectivity index (χ2v) is 6.11. The quantitative estimate of drug-likeness (QED) is 0.915. The summed E-state index contributed by atoms with van der Waals surface area (Å²) in [6.45, 7) is 5.03. The van der Waals surface area contributed by atoms with Gasteiger partial charge < -0.3 is 5.32 Å². The lowest BCUT2D eigenvalue weighted by Crippen LogP contribution is -2.27. The molecule has 20 heavy (non-hydrogen) atoms. The topological polar surface area (TPSA) is 48.7 Å². The van der Waals surface area contributed by atoms with Gasteiger partial charge in [-0.15, -0.1) is 11.3 Å². The fourth-order valence-corrected chi connectivity index (χ4v) is 2.48. The van der Waals surface area contributed by atoms with Crippen LogP contribution in [-0.4, -0.2) is 11.5 Å². The molecule has 1 aromatic heterocycles. The molecule has 0 aliphatic heterocycles. The number of thiazole rings is 1. The van der Waals surface area contributed by atoms with Crippen molar-refractivity contribution in [3.8, 4) is 16.6 Å². The van der Waals surface area contributed by atoms with Crippen LogP contribution in [-0.2, 0) is 6.54 Å². The van der Waals surface area contributed by atoms with Gasteiger partial charge in [0.1, 0.15) is 10.8 Å². The highest BCUT2D eigenvalue weighted by molar-refractivity contribution is 7.13. The van der Waals surface area contributed by atoms with E-state index in [0.29, 0.717) is 13.1 Å². The molecule has 2 rings (SSSR count). The molecule has 0 saturated carbocycles. The van der Waals surface area contributed by atoms with Crippen molar-refractivity contribution in [2.75, 3.05) is 6.54 Å². The van der Waals surface area contributed by atoms with E-state index in [1.807, 2.05) is 19.2 Å². The third-order valence-corrected chi connectivity index (χ3v) is 3.76. The van der Waals surface area contributed by atoms with Crippen LogP contribution in [0.3, 0.4) is 0 Å². The van der Waals surface area contributed by atoms with Crippen molar-refractivity contribution in [3.63, 3.8) is 0 Å². The SMILES string of the molecule is CC(C)(C#N)CNCc1csc(-c2ccc(F)cc2)n1. The van der Waals surface area contributed by atoms with Gasteiger partial charge in [-0.25, -0.2) is 9.37 Å². The molecule has 1 heterocycles. The maximum atomic E-state index is 12.9. The highest BCUT2D eigenvalue weighted by atomic mass is 32.1. The summed E-state index contributed by atoms with van der Waals surface area (Å²) >= 11 is 1.53. The number of halogens is 1. The van der Waals surface area contributed by atoms with Crippen LogP contribution in [0.15, 0.2) is 29.6 Å². The number of nitrogens with one attached hydrogen (secondary N) is 1. The largest absolute Gasteiger partial charge is 0.310 e. The molecule has 3 nitrogen and oxygen atoms in total. The average Bonchev–Trinajstić information content (AvgIpc) is 2.88. The maximum absolute atomic E-state index is 12.9. The molecular weight excluding hydrogens is 273 g/mol. The first-order chi connectivity index (χ1) is 9.50. The molecule has 2 aromatic rings. The van der Waals surface area contributed by atoms with E-state index in [0.717, 1.165) is 16.3 Å². The third-order valence-electron chi connectivity index (χ3n) is 2.82. The van der Waals surface area contributed by atoms with Gasteiger partial charge in [0.25, 0.3) is 0 Å². The Labute approximate surface area is 122 Å². The Bertz CT molecular complexity index is 611. The van der Waals surface area contributed by atoms with Crippen LogP contribution in [0.4, 0.5) is 4.39 Å². The number of nitriles is 1. The standard InChI is InChI=1S/C15H16FN3S/c1-15(2,9-17)10-18-7-13-8-20-14(19-13)11-3-5-12(16)6-4-11/h3-6,8,18H,7,10H2,1-2H3. The lowest BCUT2D eigenvalue weighted by Gasteiger charge is -2.14. The van der Waals surface area contributed by atoms with Gasteiger partial charge in [-0.05, 0) is 38.1 Å². The highest BCUT2D eigenvalue weighted by Crippen LogP contribution is 2.23. The first-order valence-corrected chi connectivity index (χ1v) is 7.20. The second kappa shape index (κ2) is 6.12. The minimum absolute atomic E-state index is 0.245. The van der Waals surface area contributed by atoms with Crippen LogP contribution in [0.1, 0.15) is 19.5 Å². The molecule has 0 aliphatic rings. The Hall–Kier alpha value is -1.77. The van der Waals surface area contributed by atoms with Gasteiger partial charge in [0.2, 0.25) is 0 Å². The highest BCUT2D eigenvalue weighted by Gasteiger charge is 2.15. The monoisotopic (exact) mass is 289 g/mol. The summed E-state index contributed by atoms with van der Waals surface area (Å²) in [5.41, 5.74) is 1.47. The lowest BCUT2D eigenvalue weighted by molar-refractivity contribution is 0.443. The Morgan fingerprint density at radius 1 is 1.35 bits per heavy atom. The number of rotatable bonds is 5. The Morgan fingerprint density at radius 3 is 2.70 bits per heavy atom. The van der Waals surface area contributed by atoms with Gasteiger partial charge in [-0.1, -0.05) is 0 Å². The maximum Gasteiger partial charge on any atom is 0.123 e. The number of benzene rings is 1. The second-order valence-electron chi connectivity index (χ2n) is 5.25. The average molecular weight is 289 g/mol. The summed E-state index contributed by atoms with van der Waals surface area (Å²) in [4.78, 5) is 4.51. The Balaban J connectivity index is 1.96. The summed E-state index contributed by atoms with van der Waals surface area (Å²) in [5.74, 6) is -0.245. The summed E-state index contributed by atoms with van der Waals surface area (Å²) in [6, 6.07) is 8.57. The van der Waals surface area contributed by atoms with Crippen molar-refractivity contribution in [3.05, 3.63) is 41.2 Å². The van der Waals surface area contributed by atoms with Crippen LogP contribution in [0.25, 0.3) is 10.6 Å². The van der Waals surface area contributed by atoms with Crippen molar-refractivity contribution in [1.82, 2.24) is 10.3 Å². The van der Waals surface area contributed by atoms with Crippen LogP contribution in [0.2, 0.25) is 0 Å². The van der Waals surface area contributed by atoms with Gasteiger partial charge in [-0.3, -0.25) is 0 Å². The zero-order chi connectivity index (χ0) is 14.6. The van der Waals surface area contributed by atoms with Crippen molar-refractivity contribution in [2.45, 2.75) is 20.4 Å². The molecular formula is C15H16FN3S. The molecule has 0 bridgehead atoms. The number of nitrogens with zero attached hydrogens (tertiary/aromatic N) is 2. The van der Waals surface area contributed by atoms with Crippen LogP contribution < -0.4 is 5.32 Å². The smallest absolute Gasteiger partial charge is 0.123 e. The molecule has 5 heteroatoms. The molecule has 0 fully saturated rings. The minimum Gasteiger partial charge on any atom is -0.310 e. The number of aromatic nitrogens is 1. The fourth-order valence-electron chi connectivity index (χ4n) is 1.66. The zero-order valence-electron chi connectivity index (χ0n) is 11.5. The van der Waals surface area contributed by atoms with Crippen LogP contribution in [0.5, 0.6) is 0 Å². The fraction of sp³-hybridized carbons (Fsp3) is 0.333. The van der Waals surface area contributed by atoms with E-state index in [2.05, 4.69) is 16.4 Å². The summed E-state index contributed by atoms with van der Waals surface area (Å²) in [7, 11) is 0. The lowest BCUT2D eigenvalue weighted by atomic mass is 9.96. The first-order valence-electron chi connectivity index (χ1n) is 6.32. The van der Waals surface area contributed by atoms with E-state index in [1.165, 1.54) is 23.5 Å². The molecule has 0 unspecified atom stereocenters. The van der Waals surface area contributed by atoms with Gasteiger partial charge >= 0.3 is 0 Å². The van der Waals surface area contributed by atoms with Gasteiger partial charge in [-0.2, -0.15) is 5.26 Å². The summed E-state index contributed by atoms with van der Waals surface area (Å²) in [6.07, 6.45) is 0. The van der Waals surface area contributed by atoms with E-state index < -0.39 is 0 Å². The predicted molar refractivity (Wildman–Crippen MR) is 78.6 cm³/mol. The molecule has 0 spiro atoms. The van der Waals surface area contributed by atoms with Gasteiger partial charge in [0, 0.05) is 24.0 Å². The minimum atomic E-state index is -0.379. The molecule has 1 N–H and O–H groups in total. The van der Waals surface area contributed by atoms with E-state index in [1.54, 1.807) is 12.1 Å². The molecule has 104 valence electrons. The van der Waals surface area contributed by atoms with E-state index in [-0.39, 0.29) is 11.2 Å². The molecule has 0 radical (unpaired) electrons. The van der Waals surface area contributed by atoms with E-state index in [9.17, 15) is 4.39 Å². The van der Waals surface area contributed by atoms with E-state index >= 15 is 0 Å². The molecule has 1 aromatic carbocycles. The zero-order valence-corrected chi connectivity index (χ0v) is 12.3. The molecule has 0 atom stereocenters. The van der Waals surface area contributed by atoms with Crippen molar-refractivity contribution >= 4 is 11.3 Å². The van der Waals surface area contributed by atoms with E-state index in [4.69, 9.17) is 5.26 Å².